The van der Waals surface area contributed by atoms with Gasteiger partial charge >= 0.3 is 0 Å². The lowest BCUT2D eigenvalue weighted by molar-refractivity contribution is 0.104. The number of aromatic nitrogens is 1. The third-order valence-corrected chi connectivity index (χ3v) is 5.37. The third-order valence-electron chi connectivity index (χ3n) is 4.58. The standard InChI is InChI=1S/C22H9N3O3S/c23-10-12(11-24)20-14-3-1-2-4-15(14)21(26)16(20)7-13-8-17-18(27-13)9-19(28-17)22-25-5-6-29-22/h1-9H/b16-7-. The van der Waals surface area contributed by atoms with Gasteiger partial charge in [0, 0.05) is 40.4 Å². The fourth-order valence-electron chi connectivity index (χ4n) is 3.36. The normalized spacial score (nSPS) is 14.2. The molecule has 3 heterocycles. The second-order valence-electron chi connectivity index (χ2n) is 6.23. The molecule has 0 saturated carbocycles. The number of furan rings is 2. The number of carbonyl (C=O) groups is 1. The minimum Gasteiger partial charge on any atom is -0.453 e. The van der Waals surface area contributed by atoms with E-state index in [2.05, 4.69) is 4.98 Å². The van der Waals surface area contributed by atoms with Crippen molar-refractivity contribution in [2.45, 2.75) is 0 Å². The molecular formula is C22H9N3O3S. The Labute approximate surface area is 168 Å². The summed E-state index contributed by atoms with van der Waals surface area (Å²) in [6.45, 7) is 0. The van der Waals surface area contributed by atoms with Gasteiger partial charge in [-0.2, -0.15) is 10.5 Å². The van der Waals surface area contributed by atoms with Crippen LogP contribution in [0.4, 0.5) is 0 Å². The van der Waals surface area contributed by atoms with Crippen LogP contribution in [0.2, 0.25) is 0 Å². The summed E-state index contributed by atoms with van der Waals surface area (Å²) >= 11 is 1.46. The van der Waals surface area contributed by atoms with Crippen molar-refractivity contribution >= 4 is 39.9 Å². The van der Waals surface area contributed by atoms with E-state index in [1.54, 1.807) is 48.7 Å². The number of carbonyl (C=O) groups excluding carboxylic acids is 1. The third kappa shape index (κ3) is 2.61. The minimum absolute atomic E-state index is 0.115. The smallest absolute Gasteiger partial charge is 0.194 e. The van der Waals surface area contributed by atoms with Gasteiger partial charge in [0.05, 0.1) is 0 Å². The van der Waals surface area contributed by atoms with Crippen LogP contribution in [-0.4, -0.2) is 10.8 Å². The van der Waals surface area contributed by atoms with Crippen molar-refractivity contribution in [3.63, 3.8) is 0 Å². The maximum Gasteiger partial charge on any atom is 0.194 e. The Balaban J connectivity index is 1.63. The first-order valence-corrected chi connectivity index (χ1v) is 9.41. The van der Waals surface area contributed by atoms with E-state index in [0.717, 1.165) is 5.01 Å². The van der Waals surface area contributed by atoms with Crippen LogP contribution in [0.25, 0.3) is 33.6 Å². The van der Waals surface area contributed by atoms with E-state index in [9.17, 15) is 15.3 Å². The molecule has 1 aromatic carbocycles. The van der Waals surface area contributed by atoms with Gasteiger partial charge in [0.25, 0.3) is 0 Å². The molecule has 136 valence electrons. The molecule has 5 rings (SSSR count). The van der Waals surface area contributed by atoms with Crippen LogP contribution in [0.1, 0.15) is 21.7 Å². The highest BCUT2D eigenvalue weighted by Gasteiger charge is 2.32. The average molecular weight is 395 g/mol. The summed E-state index contributed by atoms with van der Waals surface area (Å²) < 4.78 is 11.6. The van der Waals surface area contributed by atoms with E-state index in [1.165, 1.54) is 11.3 Å². The molecule has 0 N–H and O–H groups in total. The van der Waals surface area contributed by atoms with E-state index >= 15 is 0 Å². The second kappa shape index (κ2) is 6.45. The van der Waals surface area contributed by atoms with Crippen LogP contribution in [0.15, 0.2) is 68.0 Å². The van der Waals surface area contributed by atoms with Gasteiger partial charge in [-0.05, 0) is 11.6 Å². The molecule has 0 radical (unpaired) electrons. The van der Waals surface area contributed by atoms with Gasteiger partial charge in [0.2, 0.25) is 0 Å². The number of hydrogen-bond acceptors (Lipinski definition) is 7. The quantitative estimate of drug-likeness (QED) is 0.340. The van der Waals surface area contributed by atoms with Crippen molar-refractivity contribution in [1.82, 2.24) is 4.98 Å². The number of fused-ring (bicyclic) bond motifs is 2. The van der Waals surface area contributed by atoms with Crippen LogP contribution in [0.5, 0.6) is 0 Å². The zero-order valence-corrected chi connectivity index (χ0v) is 15.5. The number of nitrogens with zero attached hydrogens (tertiary/aromatic N) is 3. The van der Waals surface area contributed by atoms with Gasteiger partial charge in [-0.3, -0.25) is 4.79 Å². The zero-order chi connectivity index (χ0) is 20.0. The minimum atomic E-state index is -0.255. The molecule has 0 aliphatic heterocycles. The fourth-order valence-corrected chi connectivity index (χ4v) is 3.95. The van der Waals surface area contributed by atoms with Crippen LogP contribution in [0, 0.1) is 22.7 Å². The molecular weight excluding hydrogens is 386 g/mol. The predicted molar refractivity (Wildman–Crippen MR) is 106 cm³/mol. The largest absolute Gasteiger partial charge is 0.453 e. The molecule has 29 heavy (non-hydrogen) atoms. The van der Waals surface area contributed by atoms with Crippen molar-refractivity contribution in [3.05, 3.63) is 76.0 Å². The van der Waals surface area contributed by atoms with Crippen LogP contribution < -0.4 is 0 Å². The van der Waals surface area contributed by atoms with Gasteiger partial charge in [0.15, 0.2) is 27.7 Å². The lowest BCUT2D eigenvalue weighted by atomic mass is 9.99. The second-order valence-corrected chi connectivity index (χ2v) is 7.13. The highest BCUT2D eigenvalue weighted by Crippen LogP contribution is 2.40. The predicted octanol–water partition coefficient (Wildman–Crippen LogP) is 5.23. The monoisotopic (exact) mass is 395 g/mol. The summed E-state index contributed by atoms with van der Waals surface area (Å²) in [4.78, 5) is 17.1. The van der Waals surface area contributed by atoms with Gasteiger partial charge < -0.3 is 8.83 Å². The Morgan fingerprint density at radius 2 is 1.83 bits per heavy atom. The lowest BCUT2D eigenvalue weighted by Gasteiger charge is -2.00. The van der Waals surface area contributed by atoms with Gasteiger partial charge in [-0.1, -0.05) is 24.3 Å². The topological polar surface area (TPSA) is 104 Å². The van der Waals surface area contributed by atoms with Crippen molar-refractivity contribution < 1.29 is 13.6 Å². The number of rotatable bonds is 2. The summed E-state index contributed by atoms with van der Waals surface area (Å²) in [6, 6.07) is 14.1. The molecule has 7 heteroatoms. The maximum absolute atomic E-state index is 12.9. The van der Waals surface area contributed by atoms with E-state index in [0.29, 0.717) is 39.4 Å². The highest BCUT2D eigenvalue weighted by molar-refractivity contribution is 7.13. The molecule has 1 aliphatic rings. The number of ketones is 1. The molecule has 0 saturated heterocycles. The molecule has 4 aromatic rings. The molecule has 3 aromatic heterocycles. The summed E-state index contributed by atoms with van der Waals surface area (Å²) in [5.41, 5.74) is 2.54. The Morgan fingerprint density at radius 3 is 2.52 bits per heavy atom. The van der Waals surface area contributed by atoms with Gasteiger partial charge in [-0.25, -0.2) is 4.98 Å². The molecule has 0 amide bonds. The van der Waals surface area contributed by atoms with E-state index in [-0.39, 0.29) is 16.9 Å². The van der Waals surface area contributed by atoms with Crippen LogP contribution in [-0.2, 0) is 0 Å². The summed E-state index contributed by atoms with van der Waals surface area (Å²) in [5.74, 6) is 0.748. The van der Waals surface area contributed by atoms with E-state index in [1.807, 2.05) is 17.5 Å². The van der Waals surface area contributed by atoms with Gasteiger partial charge in [0.1, 0.15) is 23.5 Å². The van der Waals surface area contributed by atoms with E-state index in [4.69, 9.17) is 8.83 Å². The molecule has 0 fully saturated rings. The SMILES string of the molecule is N#CC(C#N)=C1/C(=C/c2cc3oc(-c4nccs4)cc3o2)C(=O)c2ccccc21. The summed E-state index contributed by atoms with van der Waals surface area (Å²) in [5, 5.41) is 21.3. The number of hydrogen-bond donors (Lipinski definition) is 0. The number of thiazole rings is 1. The first-order valence-electron chi connectivity index (χ1n) is 8.53. The Bertz CT molecular complexity index is 1390. The molecule has 6 nitrogen and oxygen atoms in total. The molecule has 0 bridgehead atoms. The Hall–Kier alpha value is -4.20. The number of nitriles is 2. The van der Waals surface area contributed by atoms with Crippen LogP contribution >= 0.6 is 11.3 Å². The first-order chi connectivity index (χ1) is 14.2. The van der Waals surface area contributed by atoms with Crippen molar-refractivity contribution in [2.24, 2.45) is 0 Å². The van der Waals surface area contributed by atoms with E-state index < -0.39 is 0 Å². The fraction of sp³-hybridized carbons (Fsp3) is 0. The first kappa shape index (κ1) is 16.9. The molecule has 1 aliphatic carbocycles. The summed E-state index contributed by atoms with van der Waals surface area (Å²) in [7, 11) is 0. The number of Topliss-reactive ketones (excluding diaryl/α,β-unsaturated/α-hetero) is 1. The van der Waals surface area contributed by atoms with Crippen molar-refractivity contribution in [2.75, 3.05) is 0 Å². The average Bonchev–Trinajstić information content (AvgIpc) is 3.49. The Morgan fingerprint density at radius 1 is 1.07 bits per heavy atom. The van der Waals surface area contributed by atoms with Gasteiger partial charge in [-0.15, -0.1) is 11.3 Å². The molecule has 0 unspecified atom stereocenters. The summed E-state index contributed by atoms with van der Waals surface area (Å²) in [6.07, 6.45) is 3.24. The number of allylic oxidation sites excluding steroid dienone is 3. The highest BCUT2D eigenvalue weighted by atomic mass is 32.1. The lowest BCUT2D eigenvalue weighted by Crippen LogP contribution is -1.95. The maximum atomic E-state index is 12.9. The Kier molecular flexibility index (Phi) is 3.77. The van der Waals surface area contributed by atoms with Crippen molar-refractivity contribution in [3.8, 4) is 22.9 Å². The van der Waals surface area contributed by atoms with Crippen molar-refractivity contribution in [1.29, 1.82) is 10.5 Å². The van der Waals surface area contributed by atoms with Crippen LogP contribution in [0.3, 0.4) is 0 Å². The molecule has 0 atom stereocenters. The molecule has 0 spiro atoms. The number of benzene rings is 1. The zero-order valence-electron chi connectivity index (χ0n) is 14.7.